The Hall–Kier alpha value is -0.900. The molecule has 1 fully saturated rings. The molecule has 0 aliphatic carbocycles. The quantitative estimate of drug-likeness (QED) is 0.807. The van der Waals surface area contributed by atoms with E-state index in [1.807, 2.05) is 6.92 Å². The number of hydrogen-bond acceptors (Lipinski definition) is 3. The Kier molecular flexibility index (Phi) is 3.36. The van der Waals surface area contributed by atoms with E-state index in [4.69, 9.17) is 0 Å². The largest absolute Gasteiger partial charge is 0.316 e. The molecule has 1 saturated heterocycles. The molecule has 1 aromatic rings. The van der Waals surface area contributed by atoms with Gasteiger partial charge >= 0.3 is 0 Å². The van der Waals surface area contributed by atoms with E-state index in [0.29, 0.717) is 0 Å². The molecule has 0 amide bonds. The molecule has 4 nitrogen and oxygen atoms in total. The van der Waals surface area contributed by atoms with E-state index in [0.717, 1.165) is 44.2 Å². The number of aryl methyl sites for hydroxylation is 1. The highest BCUT2D eigenvalue weighted by Gasteiger charge is 2.18. The first-order valence-corrected chi connectivity index (χ1v) is 5.90. The van der Waals surface area contributed by atoms with Crippen LogP contribution in [0, 0.1) is 12.8 Å². The molecule has 1 unspecified atom stereocenters. The molecule has 15 heavy (non-hydrogen) atoms. The van der Waals surface area contributed by atoms with Crippen LogP contribution in [0.5, 0.6) is 0 Å². The fourth-order valence-corrected chi connectivity index (χ4v) is 2.24. The van der Waals surface area contributed by atoms with Gasteiger partial charge in [-0.15, -0.1) is 10.2 Å². The standard InChI is InChI=1S/C11H20N4/c1-3-6-15-9(2)13-14-11(15)7-10-4-5-12-8-10/h10,12H,3-8H2,1-2H3. The van der Waals surface area contributed by atoms with E-state index in [1.54, 1.807) is 0 Å². The molecule has 0 spiro atoms. The number of aromatic nitrogens is 3. The van der Waals surface area contributed by atoms with Gasteiger partial charge in [0.2, 0.25) is 0 Å². The Morgan fingerprint density at radius 3 is 3.00 bits per heavy atom. The van der Waals surface area contributed by atoms with Gasteiger partial charge in [0.25, 0.3) is 0 Å². The molecular weight excluding hydrogens is 188 g/mol. The van der Waals surface area contributed by atoms with E-state index in [2.05, 4.69) is 27.0 Å². The van der Waals surface area contributed by atoms with Gasteiger partial charge in [-0.1, -0.05) is 6.92 Å². The van der Waals surface area contributed by atoms with Crippen molar-refractivity contribution in [3.05, 3.63) is 11.6 Å². The van der Waals surface area contributed by atoms with E-state index in [1.165, 1.54) is 12.2 Å². The van der Waals surface area contributed by atoms with Crippen LogP contribution in [0.2, 0.25) is 0 Å². The predicted molar refractivity (Wildman–Crippen MR) is 59.7 cm³/mol. The normalized spacial score (nSPS) is 21.1. The average molecular weight is 208 g/mol. The molecule has 0 saturated carbocycles. The maximum Gasteiger partial charge on any atom is 0.133 e. The van der Waals surface area contributed by atoms with Crippen LogP contribution < -0.4 is 5.32 Å². The van der Waals surface area contributed by atoms with Crippen LogP contribution in [-0.4, -0.2) is 27.9 Å². The lowest BCUT2D eigenvalue weighted by molar-refractivity contribution is 0.526. The van der Waals surface area contributed by atoms with Crippen LogP contribution in [0.25, 0.3) is 0 Å². The highest BCUT2D eigenvalue weighted by molar-refractivity contribution is 4.96. The van der Waals surface area contributed by atoms with Crippen molar-refractivity contribution in [2.75, 3.05) is 13.1 Å². The molecule has 2 rings (SSSR count). The smallest absolute Gasteiger partial charge is 0.133 e. The Morgan fingerprint density at radius 1 is 1.47 bits per heavy atom. The fourth-order valence-electron chi connectivity index (χ4n) is 2.24. The summed E-state index contributed by atoms with van der Waals surface area (Å²) in [7, 11) is 0. The highest BCUT2D eigenvalue weighted by atomic mass is 15.3. The summed E-state index contributed by atoms with van der Waals surface area (Å²) in [6, 6.07) is 0. The minimum absolute atomic E-state index is 0.754. The molecule has 0 radical (unpaired) electrons. The van der Waals surface area contributed by atoms with Gasteiger partial charge in [-0.2, -0.15) is 0 Å². The summed E-state index contributed by atoms with van der Waals surface area (Å²) >= 11 is 0. The Morgan fingerprint density at radius 2 is 2.33 bits per heavy atom. The van der Waals surface area contributed by atoms with Crippen molar-refractivity contribution in [2.24, 2.45) is 5.92 Å². The van der Waals surface area contributed by atoms with E-state index < -0.39 is 0 Å². The zero-order valence-corrected chi connectivity index (χ0v) is 9.66. The molecule has 1 aromatic heterocycles. The predicted octanol–water partition coefficient (Wildman–Crippen LogP) is 1.15. The van der Waals surface area contributed by atoms with Crippen LogP contribution in [0.3, 0.4) is 0 Å². The number of rotatable bonds is 4. The monoisotopic (exact) mass is 208 g/mol. The molecule has 1 N–H and O–H groups in total. The molecule has 1 aliphatic heterocycles. The zero-order valence-electron chi connectivity index (χ0n) is 9.66. The summed E-state index contributed by atoms with van der Waals surface area (Å²) in [4.78, 5) is 0. The van der Waals surface area contributed by atoms with Crippen molar-refractivity contribution < 1.29 is 0 Å². The van der Waals surface area contributed by atoms with Gasteiger partial charge < -0.3 is 9.88 Å². The minimum atomic E-state index is 0.754. The summed E-state index contributed by atoms with van der Waals surface area (Å²) in [5, 5.41) is 11.8. The summed E-state index contributed by atoms with van der Waals surface area (Å²) < 4.78 is 2.26. The van der Waals surface area contributed by atoms with Crippen LogP contribution in [-0.2, 0) is 13.0 Å². The van der Waals surface area contributed by atoms with Gasteiger partial charge in [-0.25, -0.2) is 0 Å². The minimum Gasteiger partial charge on any atom is -0.316 e. The molecule has 2 heterocycles. The average Bonchev–Trinajstić information content (AvgIpc) is 2.83. The topological polar surface area (TPSA) is 42.7 Å². The van der Waals surface area contributed by atoms with Gasteiger partial charge in [0.1, 0.15) is 11.6 Å². The molecule has 0 bridgehead atoms. The fraction of sp³-hybridized carbons (Fsp3) is 0.818. The van der Waals surface area contributed by atoms with Crippen LogP contribution in [0.15, 0.2) is 0 Å². The van der Waals surface area contributed by atoms with Crippen molar-refractivity contribution in [1.82, 2.24) is 20.1 Å². The zero-order chi connectivity index (χ0) is 10.7. The molecule has 1 atom stereocenters. The summed E-state index contributed by atoms with van der Waals surface area (Å²) in [5.74, 6) is 2.98. The van der Waals surface area contributed by atoms with E-state index >= 15 is 0 Å². The molecule has 4 heteroatoms. The van der Waals surface area contributed by atoms with Crippen molar-refractivity contribution >= 4 is 0 Å². The van der Waals surface area contributed by atoms with Crippen LogP contribution in [0.4, 0.5) is 0 Å². The van der Waals surface area contributed by atoms with Crippen LogP contribution in [0.1, 0.15) is 31.4 Å². The van der Waals surface area contributed by atoms with Gasteiger partial charge in [0, 0.05) is 13.0 Å². The first-order valence-electron chi connectivity index (χ1n) is 5.90. The third-order valence-corrected chi connectivity index (χ3v) is 3.09. The van der Waals surface area contributed by atoms with Crippen LogP contribution >= 0.6 is 0 Å². The van der Waals surface area contributed by atoms with Crippen molar-refractivity contribution in [2.45, 2.75) is 39.7 Å². The molecular formula is C11H20N4. The second-order valence-corrected chi connectivity index (χ2v) is 4.38. The lowest BCUT2D eigenvalue weighted by Crippen LogP contribution is -2.14. The number of hydrogen-bond donors (Lipinski definition) is 1. The lowest BCUT2D eigenvalue weighted by Gasteiger charge is -2.10. The Labute approximate surface area is 91.1 Å². The van der Waals surface area contributed by atoms with E-state index in [-0.39, 0.29) is 0 Å². The maximum absolute atomic E-state index is 4.28. The second-order valence-electron chi connectivity index (χ2n) is 4.38. The van der Waals surface area contributed by atoms with Gasteiger partial charge in [-0.3, -0.25) is 0 Å². The van der Waals surface area contributed by atoms with Crippen molar-refractivity contribution in [3.8, 4) is 0 Å². The SMILES string of the molecule is CCCn1c(C)nnc1CC1CCNC1. The second kappa shape index (κ2) is 4.75. The number of nitrogens with one attached hydrogen (secondary N) is 1. The van der Waals surface area contributed by atoms with Gasteiger partial charge in [-0.05, 0) is 38.8 Å². The molecule has 1 aliphatic rings. The van der Waals surface area contributed by atoms with Gasteiger partial charge in [0.05, 0.1) is 0 Å². The number of nitrogens with zero attached hydrogens (tertiary/aromatic N) is 3. The van der Waals surface area contributed by atoms with Crippen molar-refractivity contribution in [3.63, 3.8) is 0 Å². The molecule has 0 aromatic carbocycles. The van der Waals surface area contributed by atoms with Crippen molar-refractivity contribution in [1.29, 1.82) is 0 Å². The summed E-state index contributed by atoms with van der Waals surface area (Å²) in [6.07, 6.45) is 3.50. The third-order valence-electron chi connectivity index (χ3n) is 3.09. The summed E-state index contributed by atoms with van der Waals surface area (Å²) in [5.41, 5.74) is 0. The summed E-state index contributed by atoms with van der Waals surface area (Å²) in [6.45, 7) is 7.58. The first kappa shape index (κ1) is 10.6. The Bertz CT molecular complexity index is 312. The van der Waals surface area contributed by atoms with E-state index in [9.17, 15) is 0 Å². The lowest BCUT2D eigenvalue weighted by atomic mass is 10.0. The molecule has 84 valence electrons. The Balaban J connectivity index is 2.05. The van der Waals surface area contributed by atoms with Gasteiger partial charge in [0.15, 0.2) is 0 Å². The third kappa shape index (κ3) is 2.37. The first-order chi connectivity index (χ1) is 7.31. The highest BCUT2D eigenvalue weighted by Crippen LogP contribution is 2.14. The maximum atomic E-state index is 4.28.